The highest BCUT2D eigenvalue weighted by molar-refractivity contribution is 6.76. The fourth-order valence-electron chi connectivity index (χ4n) is 1.90. The largest absolute Gasteiger partial charge is 0.497 e. The lowest BCUT2D eigenvalue weighted by Crippen LogP contribution is -2.22. The summed E-state index contributed by atoms with van der Waals surface area (Å²) in [6.07, 6.45) is 4.86. The number of aliphatic carboxylic acids is 1. The SMILES string of the molecule is C[Si](C)(C)CCOCOCC(=C\CC(=O)O)/C=C/OCc1ccccc1. The Morgan fingerprint density at radius 2 is 1.88 bits per heavy atom. The number of rotatable bonds is 13. The van der Waals surface area contributed by atoms with Crippen LogP contribution in [-0.4, -0.2) is 39.2 Å². The zero-order valence-corrected chi connectivity index (χ0v) is 16.9. The van der Waals surface area contributed by atoms with Gasteiger partial charge in [0, 0.05) is 14.7 Å². The van der Waals surface area contributed by atoms with Crippen LogP contribution in [0.3, 0.4) is 0 Å². The van der Waals surface area contributed by atoms with Crippen molar-refractivity contribution in [3.8, 4) is 0 Å². The molecule has 6 heteroatoms. The van der Waals surface area contributed by atoms with Crippen LogP contribution in [0.25, 0.3) is 0 Å². The molecule has 1 rings (SSSR count). The molecule has 144 valence electrons. The lowest BCUT2D eigenvalue weighted by atomic mass is 10.2. The molecule has 1 aromatic carbocycles. The number of ether oxygens (including phenoxy) is 3. The Morgan fingerprint density at radius 1 is 1.15 bits per heavy atom. The molecular weight excluding hydrogens is 348 g/mol. The lowest BCUT2D eigenvalue weighted by molar-refractivity contribution is -0.136. The van der Waals surface area contributed by atoms with E-state index < -0.39 is 14.0 Å². The molecule has 0 heterocycles. The van der Waals surface area contributed by atoms with Crippen molar-refractivity contribution in [1.29, 1.82) is 0 Å². The first-order valence-corrected chi connectivity index (χ1v) is 12.5. The number of carboxylic acids is 1. The molecule has 0 saturated heterocycles. The highest BCUT2D eigenvalue weighted by atomic mass is 28.3. The monoisotopic (exact) mass is 378 g/mol. The summed E-state index contributed by atoms with van der Waals surface area (Å²) in [6, 6.07) is 10.9. The minimum atomic E-state index is -1.10. The second-order valence-electron chi connectivity index (χ2n) is 7.16. The van der Waals surface area contributed by atoms with Crippen LogP contribution in [-0.2, 0) is 25.6 Å². The van der Waals surface area contributed by atoms with Gasteiger partial charge in [-0.3, -0.25) is 4.79 Å². The van der Waals surface area contributed by atoms with Gasteiger partial charge in [-0.25, -0.2) is 0 Å². The number of carboxylic acid groups (broad SMARTS) is 1. The van der Waals surface area contributed by atoms with Gasteiger partial charge in [0.2, 0.25) is 0 Å². The molecule has 0 fully saturated rings. The van der Waals surface area contributed by atoms with Crippen LogP contribution in [0.15, 0.2) is 54.3 Å². The first-order valence-electron chi connectivity index (χ1n) is 8.75. The van der Waals surface area contributed by atoms with Gasteiger partial charge in [0.25, 0.3) is 0 Å². The van der Waals surface area contributed by atoms with Crippen LogP contribution in [0.5, 0.6) is 0 Å². The van der Waals surface area contributed by atoms with Crippen molar-refractivity contribution in [2.24, 2.45) is 0 Å². The van der Waals surface area contributed by atoms with E-state index in [1.807, 2.05) is 30.3 Å². The van der Waals surface area contributed by atoms with Gasteiger partial charge in [0.05, 0.1) is 19.3 Å². The van der Waals surface area contributed by atoms with Crippen LogP contribution >= 0.6 is 0 Å². The van der Waals surface area contributed by atoms with E-state index in [1.165, 1.54) is 0 Å². The Kier molecular flexibility index (Phi) is 10.6. The molecule has 0 spiro atoms. The Morgan fingerprint density at radius 3 is 2.54 bits per heavy atom. The zero-order chi connectivity index (χ0) is 19.3. The summed E-state index contributed by atoms with van der Waals surface area (Å²) in [5, 5.41) is 8.84. The zero-order valence-electron chi connectivity index (χ0n) is 15.9. The van der Waals surface area contributed by atoms with Crippen LogP contribution in [0, 0.1) is 0 Å². The van der Waals surface area contributed by atoms with Crippen molar-refractivity contribution < 1.29 is 24.1 Å². The third-order valence-electron chi connectivity index (χ3n) is 3.44. The average molecular weight is 379 g/mol. The first kappa shape index (κ1) is 22.1. The molecule has 1 N–H and O–H groups in total. The van der Waals surface area contributed by atoms with Crippen molar-refractivity contribution in [3.05, 3.63) is 59.9 Å². The summed E-state index contributed by atoms with van der Waals surface area (Å²) in [7, 11) is -1.10. The second-order valence-corrected chi connectivity index (χ2v) is 12.8. The molecule has 5 nitrogen and oxygen atoms in total. The molecule has 0 aliphatic heterocycles. The van der Waals surface area contributed by atoms with Gasteiger partial charge < -0.3 is 19.3 Å². The molecule has 0 aliphatic carbocycles. The topological polar surface area (TPSA) is 65.0 Å². The molecule has 0 amide bonds. The smallest absolute Gasteiger partial charge is 0.307 e. The van der Waals surface area contributed by atoms with Crippen LogP contribution < -0.4 is 0 Å². The second kappa shape index (κ2) is 12.5. The van der Waals surface area contributed by atoms with Crippen LogP contribution in [0.1, 0.15) is 12.0 Å². The van der Waals surface area contributed by atoms with Gasteiger partial charge in [0.1, 0.15) is 13.4 Å². The van der Waals surface area contributed by atoms with Gasteiger partial charge in [-0.05, 0) is 23.3 Å². The standard InChI is InChI=1S/C20H30O5Si/c1-26(2,3)14-13-24-17-25-16-19(9-10-20(21)22)11-12-23-15-18-7-5-4-6-8-18/h4-9,11-12H,10,13-17H2,1-3H3,(H,21,22)/b12-11+,19-9-. The van der Waals surface area contributed by atoms with Crippen molar-refractivity contribution in [2.45, 2.75) is 38.7 Å². The maximum absolute atomic E-state index is 10.8. The molecule has 0 aliphatic rings. The molecule has 0 unspecified atom stereocenters. The minimum Gasteiger partial charge on any atom is -0.497 e. The van der Waals surface area contributed by atoms with E-state index in [9.17, 15) is 4.79 Å². The van der Waals surface area contributed by atoms with Crippen molar-refractivity contribution in [3.63, 3.8) is 0 Å². The predicted molar refractivity (Wildman–Crippen MR) is 106 cm³/mol. The molecule has 0 radical (unpaired) electrons. The van der Waals surface area contributed by atoms with Crippen molar-refractivity contribution >= 4 is 14.0 Å². The summed E-state index contributed by atoms with van der Waals surface area (Å²) < 4.78 is 16.5. The molecule has 0 bridgehead atoms. The van der Waals surface area contributed by atoms with Crippen molar-refractivity contribution in [1.82, 2.24) is 0 Å². The van der Waals surface area contributed by atoms with E-state index >= 15 is 0 Å². The van der Waals surface area contributed by atoms with E-state index in [0.29, 0.717) is 13.2 Å². The molecule has 1 aromatic rings. The molecule has 0 saturated carbocycles. The Labute approximate surface area is 157 Å². The van der Waals surface area contributed by atoms with E-state index in [2.05, 4.69) is 19.6 Å². The Hall–Kier alpha value is -1.89. The number of hydrogen-bond donors (Lipinski definition) is 1. The lowest BCUT2D eigenvalue weighted by Gasteiger charge is -2.15. The molecule has 0 aromatic heterocycles. The number of hydrogen-bond acceptors (Lipinski definition) is 4. The third kappa shape index (κ3) is 12.5. The number of benzene rings is 1. The maximum Gasteiger partial charge on any atom is 0.307 e. The summed E-state index contributed by atoms with van der Waals surface area (Å²) in [5.74, 6) is -0.882. The molecule has 26 heavy (non-hydrogen) atoms. The van der Waals surface area contributed by atoms with Gasteiger partial charge in [-0.1, -0.05) is 56.0 Å². The molecule has 0 atom stereocenters. The maximum atomic E-state index is 10.8. The summed E-state index contributed by atoms with van der Waals surface area (Å²) >= 11 is 0. The van der Waals surface area contributed by atoms with Crippen LogP contribution in [0.2, 0.25) is 25.7 Å². The minimum absolute atomic E-state index is 0.0573. The Balaban J connectivity index is 2.35. The van der Waals surface area contributed by atoms with Crippen molar-refractivity contribution in [2.75, 3.05) is 20.0 Å². The highest BCUT2D eigenvalue weighted by Crippen LogP contribution is 2.08. The summed E-state index contributed by atoms with van der Waals surface area (Å²) in [4.78, 5) is 10.8. The average Bonchev–Trinajstić information content (AvgIpc) is 2.58. The van der Waals surface area contributed by atoms with Gasteiger partial charge >= 0.3 is 5.97 Å². The number of carbonyl (C=O) groups is 1. The fourth-order valence-corrected chi connectivity index (χ4v) is 2.66. The predicted octanol–water partition coefficient (Wildman–Crippen LogP) is 4.45. The summed E-state index contributed by atoms with van der Waals surface area (Å²) in [5.41, 5.74) is 1.81. The highest BCUT2D eigenvalue weighted by Gasteiger charge is 2.11. The van der Waals surface area contributed by atoms with E-state index in [4.69, 9.17) is 19.3 Å². The fraction of sp³-hybridized carbons (Fsp3) is 0.450. The third-order valence-corrected chi connectivity index (χ3v) is 5.15. The molecular formula is C20H30O5Si. The first-order chi connectivity index (χ1) is 12.4. The van der Waals surface area contributed by atoms with Crippen LogP contribution in [0.4, 0.5) is 0 Å². The Bertz CT molecular complexity index is 576. The van der Waals surface area contributed by atoms with Gasteiger partial charge in [-0.2, -0.15) is 0 Å². The summed E-state index contributed by atoms with van der Waals surface area (Å²) in [6.45, 7) is 8.53. The van der Waals surface area contributed by atoms with E-state index in [1.54, 1.807) is 18.4 Å². The normalized spacial score (nSPS) is 12.5. The van der Waals surface area contributed by atoms with E-state index in [-0.39, 0.29) is 19.8 Å². The van der Waals surface area contributed by atoms with Gasteiger partial charge in [0.15, 0.2) is 0 Å². The quantitative estimate of drug-likeness (QED) is 0.181. The van der Waals surface area contributed by atoms with Gasteiger partial charge in [-0.15, -0.1) is 0 Å². The van der Waals surface area contributed by atoms with E-state index in [0.717, 1.165) is 17.2 Å².